The number of piperidine rings is 1. The van der Waals surface area contributed by atoms with Crippen LogP contribution in [0.15, 0.2) is 32.4 Å². The van der Waals surface area contributed by atoms with E-state index in [1.165, 1.54) is 10.5 Å². The molecule has 1 fully saturated rings. The predicted octanol–water partition coefficient (Wildman–Crippen LogP) is 2.10. The lowest BCUT2D eigenvalue weighted by molar-refractivity contribution is 0.300. The number of pyridine rings is 1. The minimum atomic E-state index is -3.64. The average molecular weight is 387 g/mol. The summed E-state index contributed by atoms with van der Waals surface area (Å²) in [5.41, 5.74) is 0. The van der Waals surface area contributed by atoms with Crippen LogP contribution in [0.3, 0.4) is 0 Å². The van der Waals surface area contributed by atoms with Crippen molar-refractivity contribution >= 4 is 26.0 Å². The van der Waals surface area contributed by atoms with Crippen molar-refractivity contribution in [3.8, 4) is 0 Å². The summed E-state index contributed by atoms with van der Waals surface area (Å²) < 4.78 is 32.4. The van der Waals surface area contributed by atoms with Crippen LogP contribution in [-0.2, 0) is 10.0 Å². The molecular formula is C13H15BrN4O3S. The summed E-state index contributed by atoms with van der Waals surface area (Å²) in [7, 11) is -3.64. The van der Waals surface area contributed by atoms with Crippen molar-refractivity contribution in [3.05, 3.63) is 34.5 Å². The Bertz CT molecular complexity index is 777. The molecule has 1 unspecified atom stereocenters. The Labute approximate surface area is 136 Å². The third kappa shape index (κ3) is 2.92. The summed E-state index contributed by atoms with van der Waals surface area (Å²) in [5, 5.41) is 3.96. The molecule has 0 radical (unpaired) electrons. The van der Waals surface area contributed by atoms with Crippen LogP contribution in [0.4, 0.5) is 0 Å². The van der Waals surface area contributed by atoms with E-state index in [1.807, 2.05) is 0 Å². The number of hydrogen-bond donors (Lipinski definition) is 0. The minimum Gasteiger partial charge on any atom is -0.340 e. The molecule has 0 amide bonds. The van der Waals surface area contributed by atoms with E-state index in [1.54, 1.807) is 19.1 Å². The third-order valence-corrected chi connectivity index (χ3v) is 6.33. The van der Waals surface area contributed by atoms with Crippen molar-refractivity contribution in [1.82, 2.24) is 19.4 Å². The molecule has 1 aliphatic rings. The number of rotatable bonds is 3. The summed E-state index contributed by atoms with van der Waals surface area (Å²) in [5.74, 6) is 1.00. The number of hydrogen-bond acceptors (Lipinski definition) is 6. The number of halogens is 1. The summed E-state index contributed by atoms with van der Waals surface area (Å²) in [6.07, 6.45) is 3.07. The topological polar surface area (TPSA) is 89.2 Å². The zero-order valence-corrected chi connectivity index (χ0v) is 14.3. The number of sulfonamides is 1. The second-order valence-electron chi connectivity index (χ2n) is 5.16. The Morgan fingerprint density at radius 3 is 2.95 bits per heavy atom. The van der Waals surface area contributed by atoms with Gasteiger partial charge in [0.05, 0.1) is 4.47 Å². The molecular weight excluding hydrogens is 372 g/mol. The van der Waals surface area contributed by atoms with Gasteiger partial charge in [0.25, 0.3) is 10.0 Å². The summed E-state index contributed by atoms with van der Waals surface area (Å²) in [4.78, 5) is 8.22. The normalized spacial score (nSPS) is 20.2. The van der Waals surface area contributed by atoms with Crippen molar-refractivity contribution in [3.63, 3.8) is 0 Å². The van der Waals surface area contributed by atoms with Gasteiger partial charge in [-0.05, 0) is 40.9 Å². The maximum absolute atomic E-state index is 12.8. The lowest BCUT2D eigenvalue weighted by Crippen LogP contribution is -2.39. The van der Waals surface area contributed by atoms with Crippen LogP contribution >= 0.6 is 15.9 Å². The molecule has 0 N–H and O–H groups in total. The van der Waals surface area contributed by atoms with Gasteiger partial charge in [-0.2, -0.15) is 9.29 Å². The van der Waals surface area contributed by atoms with E-state index in [-0.39, 0.29) is 10.9 Å². The van der Waals surface area contributed by atoms with E-state index >= 15 is 0 Å². The second kappa shape index (κ2) is 6.05. The average Bonchev–Trinajstić information content (AvgIpc) is 2.94. The molecule has 0 spiro atoms. The molecule has 1 saturated heterocycles. The van der Waals surface area contributed by atoms with Gasteiger partial charge in [0.15, 0.2) is 10.9 Å². The van der Waals surface area contributed by atoms with E-state index in [0.717, 1.165) is 12.8 Å². The molecule has 1 aliphatic heterocycles. The molecule has 7 nitrogen and oxygen atoms in total. The number of nitrogens with zero attached hydrogens (tertiary/aromatic N) is 4. The van der Waals surface area contributed by atoms with Gasteiger partial charge in [0.1, 0.15) is 0 Å². The SMILES string of the molecule is Cc1nc(C2CCCN(S(=O)(=O)c3ncccc3Br)C2)no1. The molecule has 118 valence electrons. The smallest absolute Gasteiger partial charge is 0.261 e. The monoisotopic (exact) mass is 386 g/mol. The zero-order valence-electron chi connectivity index (χ0n) is 11.9. The predicted molar refractivity (Wildman–Crippen MR) is 81.7 cm³/mol. The van der Waals surface area contributed by atoms with Crippen LogP contribution < -0.4 is 0 Å². The van der Waals surface area contributed by atoms with Crippen LogP contribution in [0, 0.1) is 6.92 Å². The second-order valence-corrected chi connectivity index (χ2v) is 7.87. The fraction of sp³-hybridized carbons (Fsp3) is 0.462. The molecule has 0 aliphatic carbocycles. The number of aryl methyl sites for hydroxylation is 1. The standard InChI is InChI=1S/C13H15BrN4O3S/c1-9-16-12(17-21-9)10-4-3-7-18(8-10)22(19,20)13-11(14)5-2-6-15-13/h2,5-6,10H,3-4,7-8H2,1H3. The Balaban J connectivity index is 1.87. The van der Waals surface area contributed by atoms with Gasteiger partial charge in [0.2, 0.25) is 5.89 Å². The van der Waals surface area contributed by atoms with Gasteiger partial charge in [-0.15, -0.1) is 0 Å². The fourth-order valence-electron chi connectivity index (χ4n) is 2.54. The Kier molecular flexibility index (Phi) is 4.28. The van der Waals surface area contributed by atoms with E-state index < -0.39 is 10.0 Å². The van der Waals surface area contributed by atoms with Crippen molar-refractivity contribution < 1.29 is 12.9 Å². The van der Waals surface area contributed by atoms with E-state index in [4.69, 9.17) is 4.52 Å². The molecule has 3 rings (SSSR count). The molecule has 2 aromatic heterocycles. The molecule has 0 bridgehead atoms. The van der Waals surface area contributed by atoms with Crippen LogP contribution in [0.1, 0.15) is 30.5 Å². The molecule has 0 aromatic carbocycles. The first kappa shape index (κ1) is 15.6. The van der Waals surface area contributed by atoms with Crippen molar-refractivity contribution in [2.45, 2.75) is 30.7 Å². The van der Waals surface area contributed by atoms with Crippen LogP contribution in [0.25, 0.3) is 0 Å². The van der Waals surface area contributed by atoms with E-state index in [2.05, 4.69) is 31.1 Å². The molecule has 0 saturated carbocycles. The summed E-state index contributed by atoms with van der Waals surface area (Å²) in [6, 6.07) is 3.36. The first-order valence-electron chi connectivity index (χ1n) is 6.89. The van der Waals surface area contributed by atoms with Crippen molar-refractivity contribution in [2.24, 2.45) is 0 Å². The van der Waals surface area contributed by atoms with Gasteiger partial charge in [-0.3, -0.25) is 0 Å². The molecule has 2 aromatic rings. The Hall–Kier alpha value is -1.32. The highest BCUT2D eigenvalue weighted by Crippen LogP contribution is 2.30. The summed E-state index contributed by atoms with van der Waals surface area (Å²) >= 11 is 3.25. The molecule has 1 atom stereocenters. The molecule has 3 heterocycles. The van der Waals surface area contributed by atoms with Gasteiger partial charge in [0, 0.05) is 32.1 Å². The van der Waals surface area contributed by atoms with Gasteiger partial charge >= 0.3 is 0 Å². The third-order valence-electron chi connectivity index (χ3n) is 3.60. The highest BCUT2D eigenvalue weighted by atomic mass is 79.9. The first-order valence-corrected chi connectivity index (χ1v) is 9.12. The minimum absolute atomic E-state index is 0.0416. The highest BCUT2D eigenvalue weighted by molar-refractivity contribution is 9.10. The van der Waals surface area contributed by atoms with Gasteiger partial charge < -0.3 is 4.52 Å². The highest BCUT2D eigenvalue weighted by Gasteiger charge is 2.34. The van der Waals surface area contributed by atoms with Gasteiger partial charge in [-0.25, -0.2) is 13.4 Å². The maximum Gasteiger partial charge on any atom is 0.261 e. The largest absolute Gasteiger partial charge is 0.340 e. The Morgan fingerprint density at radius 2 is 2.27 bits per heavy atom. The van der Waals surface area contributed by atoms with Crippen LogP contribution in [0.2, 0.25) is 0 Å². The van der Waals surface area contributed by atoms with Crippen molar-refractivity contribution in [1.29, 1.82) is 0 Å². The molecule has 9 heteroatoms. The maximum atomic E-state index is 12.8. The van der Waals surface area contributed by atoms with E-state index in [0.29, 0.717) is 29.3 Å². The lowest BCUT2D eigenvalue weighted by atomic mass is 9.99. The first-order chi connectivity index (χ1) is 10.5. The molecule has 22 heavy (non-hydrogen) atoms. The van der Waals surface area contributed by atoms with Crippen LogP contribution in [0.5, 0.6) is 0 Å². The van der Waals surface area contributed by atoms with Crippen LogP contribution in [-0.4, -0.2) is 40.9 Å². The fourth-order valence-corrected chi connectivity index (χ4v) is 4.90. The Morgan fingerprint density at radius 1 is 1.45 bits per heavy atom. The number of aromatic nitrogens is 3. The summed E-state index contributed by atoms with van der Waals surface area (Å²) in [6.45, 7) is 2.53. The van der Waals surface area contributed by atoms with Crippen molar-refractivity contribution in [2.75, 3.05) is 13.1 Å². The van der Waals surface area contributed by atoms with E-state index in [9.17, 15) is 8.42 Å². The zero-order chi connectivity index (χ0) is 15.7. The quantitative estimate of drug-likeness (QED) is 0.802. The lowest BCUT2D eigenvalue weighted by Gasteiger charge is -2.30. The van der Waals surface area contributed by atoms with Gasteiger partial charge in [-0.1, -0.05) is 5.16 Å².